The lowest BCUT2D eigenvalue weighted by Gasteiger charge is -2.24. The molecule has 1 aromatic rings. The van der Waals surface area contributed by atoms with Crippen LogP contribution in [0, 0.1) is 0 Å². The number of hydrogen-bond acceptors (Lipinski definition) is 4. The number of hydrogen-bond donors (Lipinski definition) is 2. The van der Waals surface area contributed by atoms with E-state index < -0.39 is 0 Å². The van der Waals surface area contributed by atoms with Crippen molar-refractivity contribution >= 4 is 12.2 Å². The van der Waals surface area contributed by atoms with Crippen LogP contribution in [0.25, 0.3) is 0 Å². The van der Waals surface area contributed by atoms with E-state index in [9.17, 15) is 0 Å². The van der Waals surface area contributed by atoms with Crippen molar-refractivity contribution in [3.8, 4) is 0 Å². The zero-order chi connectivity index (χ0) is 7.84. The summed E-state index contributed by atoms with van der Waals surface area (Å²) >= 11 is 0. The van der Waals surface area contributed by atoms with E-state index in [0.717, 1.165) is 11.4 Å². The molecule has 0 radical (unpaired) electrons. The normalized spacial score (nSPS) is 22.0. The smallest absolute Gasteiger partial charge is 0.156 e. The van der Waals surface area contributed by atoms with Crippen LogP contribution in [0.1, 0.15) is 11.7 Å². The number of fused-ring (bicyclic) bond motifs is 1. The van der Waals surface area contributed by atoms with Crippen LogP contribution < -0.4 is 5.73 Å². The molecule has 0 bridgehead atoms. The third-order valence-electron chi connectivity index (χ3n) is 1.77. The molecule has 1 aliphatic rings. The van der Waals surface area contributed by atoms with Crippen molar-refractivity contribution in [3.05, 3.63) is 11.8 Å². The molecule has 58 valence electrons. The Balaban J connectivity index is 2.48. The van der Waals surface area contributed by atoms with E-state index in [2.05, 4.69) is 15.2 Å². The molecule has 1 atom stereocenters. The highest BCUT2D eigenvalue weighted by molar-refractivity contribution is 5.65. The van der Waals surface area contributed by atoms with Gasteiger partial charge in [0.05, 0.1) is 18.1 Å². The molecule has 2 heterocycles. The highest BCUT2D eigenvalue weighted by Gasteiger charge is 2.18. The summed E-state index contributed by atoms with van der Waals surface area (Å²) in [4.78, 5) is 5.92. The minimum atomic E-state index is -0.124. The van der Waals surface area contributed by atoms with E-state index in [0.29, 0.717) is 0 Å². The predicted octanol–water partition coefficient (Wildman–Crippen LogP) is -0.0278. The lowest BCUT2D eigenvalue weighted by atomic mass is 10.2. The van der Waals surface area contributed by atoms with Crippen LogP contribution in [0.5, 0.6) is 0 Å². The Labute approximate surface area is 63.9 Å². The van der Waals surface area contributed by atoms with Gasteiger partial charge in [-0.1, -0.05) is 0 Å². The molecule has 5 heteroatoms. The highest BCUT2D eigenvalue weighted by Crippen LogP contribution is 2.25. The molecule has 0 amide bonds. The Hall–Kier alpha value is -1.36. The molecule has 11 heavy (non-hydrogen) atoms. The van der Waals surface area contributed by atoms with Crippen molar-refractivity contribution in [3.63, 3.8) is 0 Å². The maximum atomic E-state index is 5.81. The molecule has 0 aliphatic carbocycles. The van der Waals surface area contributed by atoms with Crippen LogP contribution in [-0.4, -0.2) is 28.5 Å². The Morgan fingerprint density at radius 2 is 2.55 bits per heavy atom. The standard InChI is InChI=1S/C6H9N5/c1-11-3-8-6-4(5(11)7)2-9-10-6/h2-3,5H,7H2,1H3,(H,9,10). The number of rotatable bonds is 0. The maximum absolute atomic E-state index is 5.81. The first-order valence-corrected chi connectivity index (χ1v) is 3.34. The van der Waals surface area contributed by atoms with Crippen molar-refractivity contribution < 1.29 is 0 Å². The van der Waals surface area contributed by atoms with E-state index >= 15 is 0 Å². The van der Waals surface area contributed by atoms with Gasteiger partial charge in [-0.25, -0.2) is 4.99 Å². The van der Waals surface area contributed by atoms with Gasteiger partial charge >= 0.3 is 0 Å². The highest BCUT2D eigenvalue weighted by atomic mass is 15.3. The summed E-state index contributed by atoms with van der Waals surface area (Å²) in [5.74, 6) is 0.760. The van der Waals surface area contributed by atoms with Gasteiger partial charge in [0.25, 0.3) is 0 Å². The van der Waals surface area contributed by atoms with E-state index in [1.54, 1.807) is 12.5 Å². The largest absolute Gasteiger partial charge is 0.346 e. The summed E-state index contributed by atoms with van der Waals surface area (Å²) in [6.07, 6.45) is 3.26. The summed E-state index contributed by atoms with van der Waals surface area (Å²) in [5.41, 5.74) is 6.75. The number of aliphatic imine (C=N–C) groups is 1. The van der Waals surface area contributed by atoms with Crippen LogP contribution in [-0.2, 0) is 0 Å². The molecule has 1 unspecified atom stereocenters. The van der Waals surface area contributed by atoms with E-state index in [4.69, 9.17) is 5.73 Å². The molecule has 0 saturated heterocycles. The Bertz CT molecular complexity index is 289. The fourth-order valence-electron chi connectivity index (χ4n) is 1.05. The number of aromatic amines is 1. The molecule has 0 saturated carbocycles. The van der Waals surface area contributed by atoms with Crippen LogP contribution in [0.3, 0.4) is 0 Å². The lowest BCUT2D eigenvalue weighted by Crippen LogP contribution is -2.31. The van der Waals surface area contributed by atoms with Gasteiger partial charge in [-0.3, -0.25) is 5.10 Å². The van der Waals surface area contributed by atoms with E-state index in [-0.39, 0.29) is 6.17 Å². The summed E-state index contributed by atoms with van der Waals surface area (Å²) in [6.45, 7) is 0. The zero-order valence-corrected chi connectivity index (χ0v) is 6.15. The molecule has 1 aliphatic heterocycles. The summed E-state index contributed by atoms with van der Waals surface area (Å²) in [6, 6.07) is 0. The first-order valence-electron chi connectivity index (χ1n) is 3.34. The number of aromatic nitrogens is 2. The van der Waals surface area contributed by atoms with E-state index in [1.165, 1.54) is 0 Å². The fourth-order valence-corrected chi connectivity index (χ4v) is 1.05. The fraction of sp³-hybridized carbons (Fsp3) is 0.333. The molecule has 5 nitrogen and oxygen atoms in total. The molecule has 2 rings (SSSR count). The number of nitrogens with zero attached hydrogens (tertiary/aromatic N) is 3. The second-order valence-corrected chi connectivity index (χ2v) is 2.53. The average Bonchev–Trinajstić information content (AvgIpc) is 2.45. The van der Waals surface area contributed by atoms with E-state index in [1.807, 2.05) is 11.9 Å². The maximum Gasteiger partial charge on any atom is 0.156 e. The summed E-state index contributed by atoms with van der Waals surface area (Å²) in [7, 11) is 1.88. The van der Waals surface area contributed by atoms with Crippen molar-refractivity contribution in [1.82, 2.24) is 15.1 Å². The predicted molar refractivity (Wildman–Crippen MR) is 41.4 cm³/mol. The van der Waals surface area contributed by atoms with Gasteiger partial charge in [-0.15, -0.1) is 0 Å². The third-order valence-corrected chi connectivity index (χ3v) is 1.77. The third kappa shape index (κ3) is 0.813. The first kappa shape index (κ1) is 6.36. The molecule has 0 spiro atoms. The molecule has 1 aromatic heterocycles. The first-order chi connectivity index (χ1) is 5.29. The average molecular weight is 151 g/mol. The monoisotopic (exact) mass is 151 g/mol. The van der Waals surface area contributed by atoms with Gasteiger partial charge in [0.1, 0.15) is 6.17 Å². The van der Waals surface area contributed by atoms with Crippen molar-refractivity contribution in [2.45, 2.75) is 6.17 Å². The van der Waals surface area contributed by atoms with Crippen LogP contribution in [0.15, 0.2) is 11.2 Å². The molecule has 3 N–H and O–H groups in total. The van der Waals surface area contributed by atoms with Crippen LogP contribution >= 0.6 is 0 Å². The minimum absolute atomic E-state index is 0.124. The number of nitrogens with two attached hydrogens (primary N) is 1. The van der Waals surface area contributed by atoms with Gasteiger partial charge in [0, 0.05) is 7.05 Å². The van der Waals surface area contributed by atoms with Gasteiger partial charge in [-0.2, -0.15) is 5.10 Å². The Morgan fingerprint density at radius 1 is 1.73 bits per heavy atom. The van der Waals surface area contributed by atoms with Crippen LogP contribution in [0.2, 0.25) is 0 Å². The summed E-state index contributed by atoms with van der Waals surface area (Å²) in [5, 5.41) is 6.60. The minimum Gasteiger partial charge on any atom is -0.346 e. The van der Waals surface area contributed by atoms with Crippen LogP contribution in [0.4, 0.5) is 5.82 Å². The quantitative estimate of drug-likeness (QED) is 0.547. The summed E-state index contributed by atoms with van der Waals surface area (Å²) < 4.78 is 0. The zero-order valence-electron chi connectivity index (χ0n) is 6.15. The second-order valence-electron chi connectivity index (χ2n) is 2.53. The molecular weight excluding hydrogens is 142 g/mol. The Morgan fingerprint density at radius 3 is 3.36 bits per heavy atom. The van der Waals surface area contributed by atoms with Crippen molar-refractivity contribution in [2.75, 3.05) is 7.05 Å². The topological polar surface area (TPSA) is 70.3 Å². The van der Waals surface area contributed by atoms with Crippen molar-refractivity contribution in [2.24, 2.45) is 10.7 Å². The van der Waals surface area contributed by atoms with Gasteiger partial charge in [-0.05, 0) is 0 Å². The lowest BCUT2D eigenvalue weighted by molar-refractivity contribution is 0.391. The SMILES string of the molecule is CN1C=Nc2[nH]ncc2C1N. The molecule has 0 aromatic carbocycles. The Kier molecular flexibility index (Phi) is 1.19. The molecular formula is C6H9N5. The van der Waals surface area contributed by atoms with Gasteiger partial charge < -0.3 is 10.6 Å². The van der Waals surface area contributed by atoms with Gasteiger partial charge in [0.2, 0.25) is 0 Å². The number of nitrogens with one attached hydrogen (secondary N) is 1. The number of H-pyrrole nitrogens is 1. The van der Waals surface area contributed by atoms with Crippen molar-refractivity contribution in [1.29, 1.82) is 0 Å². The van der Waals surface area contributed by atoms with Gasteiger partial charge in [0.15, 0.2) is 5.82 Å². The second kappa shape index (κ2) is 2.06. The molecule has 0 fully saturated rings.